The topological polar surface area (TPSA) is 101 Å². The summed E-state index contributed by atoms with van der Waals surface area (Å²) in [5, 5.41) is 7.89. The number of carbonyl (C=O) groups excluding carboxylic acids is 1. The van der Waals surface area contributed by atoms with Gasteiger partial charge in [0.1, 0.15) is 11.5 Å². The summed E-state index contributed by atoms with van der Waals surface area (Å²) >= 11 is 0. The van der Waals surface area contributed by atoms with E-state index in [1.807, 2.05) is 47.4 Å². The highest BCUT2D eigenvalue weighted by Crippen LogP contribution is 2.32. The second kappa shape index (κ2) is 7.89. The number of rotatable bonds is 4. The van der Waals surface area contributed by atoms with Crippen molar-refractivity contribution < 1.29 is 9.18 Å². The van der Waals surface area contributed by atoms with E-state index >= 15 is 0 Å². The van der Waals surface area contributed by atoms with Crippen molar-refractivity contribution in [2.75, 3.05) is 5.32 Å². The Kier molecular flexibility index (Phi) is 4.58. The number of nitrogens with zero attached hydrogens (tertiary/aromatic N) is 5. The van der Waals surface area contributed by atoms with Crippen molar-refractivity contribution in [3.8, 4) is 22.3 Å². The zero-order valence-electron chi connectivity index (χ0n) is 17.6. The first kappa shape index (κ1) is 19.7. The standard InChI is InChI=1S/C25H16FN7O/c26-18-8-19(12-28-11-18)32-25(34)17-6-20-21(13-30-24(20)29-10-17)15-3-5-33-23(7-15)22(14-31-33)16-2-1-4-27-9-16/h1-14H,(H,29,30)(H,32,34). The van der Waals surface area contributed by atoms with Crippen molar-refractivity contribution in [1.29, 1.82) is 0 Å². The van der Waals surface area contributed by atoms with Gasteiger partial charge in [-0.05, 0) is 29.8 Å². The fourth-order valence-electron chi connectivity index (χ4n) is 3.94. The summed E-state index contributed by atoms with van der Waals surface area (Å²) in [4.78, 5) is 28.3. The van der Waals surface area contributed by atoms with Gasteiger partial charge in [-0.25, -0.2) is 13.9 Å². The van der Waals surface area contributed by atoms with Crippen LogP contribution < -0.4 is 5.32 Å². The minimum absolute atomic E-state index is 0.272. The van der Waals surface area contributed by atoms with E-state index in [2.05, 4.69) is 30.4 Å². The van der Waals surface area contributed by atoms with Crippen LogP contribution in [-0.2, 0) is 0 Å². The summed E-state index contributed by atoms with van der Waals surface area (Å²) in [7, 11) is 0. The molecule has 6 aromatic rings. The van der Waals surface area contributed by atoms with Gasteiger partial charge in [0.05, 0.1) is 35.4 Å². The number of fused-ring (bicyclic) bond motifs is 2. The summed E-state index contributed by atoms with van der Waals surface area (Å²) in [6.45, 7) is 0. The third-order valence-electron chi connectivity index (χ3n) is 5.56. The van der Waals surface area contributed by atoms with Gasteiger partial charge in [0.25, 0.3) is 5.91 Å². The van der Waals surface area contributed by atoms with Gasteiger partial charge >= 0.3 is 0 Å². The molecule has 0 atom stereocenters. The predicted molar refractivity (Wildman–Crippen MR) is 126 cm³/mol. The van der Waals surface area contributed by atoms with Crippen molar-refractivity contribution in [3.05, 3.63) is 97.4 Å². The summed E-state index contributed by atoms with van der Waals surface area (Å²) in [6, 6.07) is 10.9. The maximum atomic E-state index is 13.4. The van der Waals surface area contributed by atoms with E-state index in [0.717, 1.165) is 39.4 Å². The Balaban J connectivity index is 1.40. The monoisotopic (exact) mass is 449 g/mol. The van der Waals surface area contributed by atoms with Gasteiger partial charge in [0.2, 0.25) is 0 Å². The first-order chi connectivity index (χ1) is 16.7. The van der Waals surface area contributed by atoms with E-state index < -0.39 is 11.7 Å². The molecule has 0 aliphatic carbocycles. The molecule has 6 rings (SSSR count). The lowest BCUT2D eigenvalue weighted by molar-refractivity contribution is 0.102. The maximum absolute atomic E-state index is 13.4. The number of hydrogen-bond donors (Lipinski definition) is 2. The quantitative estimate of drug-likeness (QED) is 0.405. The Morgan fingerprint density at radius 1 is 0.971 bits per heavy atom. The smallest absolute Gasteiger partial charge is 0.257 e. The first-order valence-electron chi connectivity index (χ1n) is 10.4. The van der Waals surface area contributed by atoms with Gasteiger partial charge in [-0.1, -0.05) is 6.07 Å². The van der Waals surface area contributed by atoms with E-state index in [1.54, 1.807) is 18.5 Å². The van der Waals surface area contributed by atoms with Crippen LogP contribution in [0, 0.1) is 5.82 Å². The SMILES string of the molecule is O=C(Nc1cncc(F)c1)c1cnc2[nH]cc(-c3ccn4ncc(-c5cccnc5)c4c3)c2c1. The minimum Gasteiger partial charge on any atom is -0.346 e. The van der Waals surface area contributed by atoms with Gasteiger partial charge in [-0.3, -0.25) is 14.8 Å². The molecule has 6 heterocycles. The van der Waals surface area contributed by atoms with Crippen LogP contribution in [0.15, 0.2) is 86.0 Å². The van der Waals surface area contributed by atoms with Crippen LogP contribution in [0.5, 0.6) is 0 Å². The van der Waals surface area contributed by atoms with Gasteiger partial charge in [-0.2, -0.15) is 5.10 Å². The average Bonchev–Trinajstić information content (AvgIpc) is 3.48. The molecule has 2 N–H and O–H groups in total. The number of carbonyl (C=O) groups is 1. The Bertz CT molecular complexity index is 1670. The maximum Gasteiger partial charge on any atom is 0.257 e. The number of anilines is 1. The molecule has 0 aromatic carbocycles. The largest absolute Gasteiger partial charge is 0.346 e. The molecule has 34 heavy (non-hydrogen) atoms. The number of hydrogen-bond acceptors (Lipinski definition) is 5. The second-order valence-corrected chi connectivity index (χ2v) is 7.71. The third kappa shape index (κ3) is 3.45. The zero-order chi connectivity index (χ0) is 23.1. The van der Waals surface area contributed by atoms with Crippen molar-refractivity contribution >= 4 is 28.1 Å². The van der Waals surface area contributed by atoms with E-state index in [0.29, 0.717) is 11.2 Å². The van der Waals surface area contributed by atoms with E-state index in [9.17, 15) is 9.18 Å². The highest BCUT2D eigenvalue weighted by Gasteiger charge is 2.14. The number of aromatic amines is 1. The molecule has 8 nitrogen and oxygen atoms in total. The van der Waals surface area contributed by atoms with Crippen molar-refractivity contribution in [3.63, 3.8) is 0 Å². The highest BCUT2D eigenvalue weighted by molar-refractivity contribution is 6.07. The lowest BCUT2D eigenvalue weighted by atomic mass is 10.0. The number of aromatic nitrogens is 6. The Labute approximate surface area is 192 Å². The summed E-state index contributed by atoms with van der Waals surface area (Å²) in [5.74, 6) is -0.931. The molecule has 164 valence electrons. The summed E-state index contributed by atoms with van der Waals surface area (Å²) in [5.41, 5.74) is 5.98. The van der Waals surface area contributed by atoms with Crippen molar-refractivity contribution in [2.45, 2.75) is 0 Å². The molecule has 0 radical (unpaired) electrons. The predicted octanol–water partition coefficient (Wildman–Crippen LogP) is 4.73. The molecular formula is C25H16FN7O. The lowest BCUT2D eigenvalue weighted by Gasteiger charge is -2.06. The molecule has 0 saturated heterocycles. The fourth-order valence-corrected chi connectivity index (χ4v) is 3.94. The van der Waals surface area contributed by atoms with Gasteiger partial charge in [-0.15, -0.1) is 0 Å². The number of pyridine rings is 4. The minimum atomic E-state index is -0.528. The molecule has 0 aliphatic heterocycles. The van der Waals surface area contributed by atoms with Crippen LogP contribution in [0.2, 0.25) is 0 Å². The molecule has 9 heteroatoms. The summed E-state index contributed by atoms with van der Waals surface area (Å²) < 4.78 is 15.2. The number of amides is 1. The number of halogens is 1. The highest BCUT2D eigenvalue weighted by atomic mass is 19.1. The first-order valence-corrected chi connectivity index (χ1v) is 10.4. The molecule has 1 amide bonds. The molecule has 0 bridgehead atoms. The molecule has 0 fully saturated rings. The van der Waals surface area contributed by atoms with E-state index in [-0.39, 0.29) is 5.69 Å². The van der Waals surface area contributed by atoms with Crippen molar-refractivity contribution in [1.82, 2.24) is 29.5 Å². The lowest BCUT2D eigenvalue weighted by Crippen LogP contribution is -2.12. The van der Waals surface area contributed by atoms with Crippen LogP contribution >= 0.6 is 0 Å². The molecule has 0 saturated carbocycles. The van der Waals surface area contributed by atoms with Gasteiger partial charge in [0, 0.05) is 59.1 Å². The average molecular weight is 449 g/mol. The molecular weight excluding hydrogens is 433 g/mol. The fraction of sp³-hybridized carbons (Fsp3) is 0. The third-order valence-corrected chi connectivity index (χ3v) is 5.56. The number of H-pyrrole nitrogens is 1. The van der Waals surface area contributed by atoms with Gasteiger partial charge < -0.3 is 10.3 Å². The molecule has 0 unspecified atom stereocenters. The second-order valence-electron chi connectivity index (χ2n) is 7.71. The Morgan fingerprint density at radius 2 is 1.91 bits per heavy atom. The normalized spacial score (nSPS) is 11.2. The zero-order valence-corrected chi connectivity index (χ0v) is 17.6. The van der Waals surface area contributed by atoms with E-state index in [4.69, 9.17) is 0 Å². The molecule has 6 aromatic heterocycles. The van der Waals surface area contributed by atoms with Crippen molar-refractivity contribution in [2.24, 2.45) is 0 Å². The van der Waals surface area contributed by atoms with E-state index in [1.165, 1.54) is 18.5 Å². The Morgan fingerprint density at radius 3 is 2.76 bits per heavy atom. The summed E-state index contributed by atoms with van der Waals surface area (Å²) in [6.07, 6.45) is 13.0. The van der Waals surface area contributed by atoms with Crippen LogP contribution in [0.1, 0.15) is 10.4 Å². The molecule has 0 spiro atoms. The van der Waals surface area contributed by atoms with Crippen LogP contribution in [0.3, 0.4) is 0 Å². The van der Waals surface area contributed by atoms with Crippen LogP contribution in [0.4, 0.5) is 10.1 Å². The number of nitrogens with one attached hydrogen (secondary N) is 2. The Hall–Kier alpha value is -4.92. The van der Waals surface area contributed by atoms with Crippen LogP contribution in [0.25, 0.3) is 38.8 Å². The van der Waals surface area contributed by atoms with Crippen LogP contribution in [-0.4, -0.2) is 35.5 Å². The molecule has 0 aliphatic rings. The van der Waals surface area contributed by atoms with Gasteiger partial charge in [0.15, 0.2) is 0 Å².